The van der Waals surface area contributed by atoms with E-state index in [1.807, 2.05) is 84.9 Å². The van der Waals surface area contributed by atoms with E-state index in [4.69, 9.17) is 0 Å². The molecule has 0 saturated heterocycles. The summed E-state index contributed by atoms with van der Waals surface area (Å²) in [7, 11) is 0. The predicted octanol–water partition coefficient (Wildman–Crippen LogP) is 6.63. The zero-order valence-corrected chi connectivity index (χ0v) is 22.8. The van der Waals surface area contributed by atoms with Crippen LogP contribution in [-0.4, -0.2) is 34.6 Å². The van der Waals surface area contributed by atoms with Crippen molar-refractivity contribution >= 4 is 39.5 Å². The number of carbonyl (C=O) groups excluding carboxylic acids is 2. The summed E-state index contributed by atoms with van der Waals surface area (Å²) in [5.74, 6) is 0.183. The van der Waals surface area contributed by atoms with Gasteiger partial charge in [0.2, 0.25) is 11.8 Å². The first-order valence-corrected chi connectivity index (χ1v) is 14.4. The van der Waals surface area contributed by atoms with Gasteiger partial charge in [0.25, 0.3) is 0 Å². The first-order valence-electron chi connectivity index (χ1n) is 12.6. The Hall–Kier alpha value is -2.57. The number of halogens is 1. The van der Waals surface area contributed by atoms with E-state index in [1.165, 1.54) is 18.2 Å². The molecule has 0 aliphatic heterocycles. The summed E-state index contributed by atoms with van der Waals surface area (Å²) in [5.41, 5.74) is 2.04. The van der Waals surface area contributed by atoms with Gasteiger partial charge in [-0.05, 0) is 48.2 Å². The Balaban J connectivity index is 1.60. The van der Waals surface area contributed by atoms with E-state index >= 15 is 0 Å². The highest BCUT2D eigenvalue weighted by molar-refractivity contribution is 9.10. The summed E-state index contributed by atoms with van der Waals surface area (Å²) < 4.78 is 0.956. The molecule has 0 radical (unpaired) electrons. The zero-order chi connectivity index (χ0) is 25.2. The van der Waals surface area contributed by atoms with Crippen LogP contribution in [0.2, 0.25) is 0 Å². The molecule has 0 bridgehead atoms. The largest absolute Gasteiger partial charge is 0.352 e. The second-order valence-electron chi connectivity index (χ2n) is 9.30. The summed E-state index contributed by atoms with van der Waals surface area (Å²) in [6.07, 6.45) is 6.00. The standard InChI is InChI=1S/C30H33BrN2O2S/c31-25-14-10-13-24(19-25)21-33(29(34)22-36-27-17-8-3-9-18-27)28(20-23-11-4-1-5-12-23)30(35)32-26-15-6-2-7-16-26/h1,3-5,8-14,17-19,26,28H,2,6-7,15-16,20-22H2,(H,32,35). The van der Waals surface area contributed by atoms with Crippen molar-refractivity contribution in [1.29, 1.82) is 0 Å². The average molecular weight is 566 g/mol. The average Bonchev–Trinajstić information content (AvgIpc) is 2.91. The van der Waals surface area contributed by atoms with Crippen molar-refractivity contribution in [1.82, 2.24) is 10.2 Å². The number of carbonyl (C=O) groups is 2. The van der Waals surface area contributed by atoms with Crippen molar-refractivity contribution in [2.45, 2.75) is 62.0 Å². The lowest BCUT2D eigenvalue weighted by molar-refractivity contribution is -0.139. The Morgan fingerprint density at radius 3 is 2.25 bits per heavy atom. The smallest absolute Gasteiger partial charge is 0.243 e. The molecule has 0 spiro atoms. The maximum Gasteiger partial charge on any atom is 0.243 e. The van der Waals surface area contributed by atoms with Gasteiger partial charge in [-0.1, -0.05) is 95.9 Å². The molecule has 36 heavy (non-hydrogen) atoms. The van der Waals surface area contributed by atoms with E-state index in [0.717, 1.165) is 46.2 Å². The minimum absolute atomic E-state index is 0.0384. The first kappa shape index (κ1) is 26.5. The van der Waals surface area contributed by atoms with Crippen LogP contribution in [0.1, 0.15) is 43.2 Å². The zero-order valence-electron chi connectivity index (χ0n) is 20.4. The van der Waals surface area contributed by atoms with Gasteiger partial charge in [0.05, 0.1) is 5.75 Å². The minimum atomic E-state index is -0.586. The molecule has 1 atom stereocenters. The van der Waals surface area contributed by atoms with Gasteiger partial charge in [0.1, 0.15) is 6.04 Å². The number of thioether (sulfide) groups is 1. The second kappa shape index (κ2) is 13.7. The number of rotatable bonds is 10. The van der Waals surface area contributed by atoms with Gasteiger partial charge in [-0.3, -0.25) is 9.59 Å². The molecule has 6 heteroatoms. The highest BCUT2D eigenvalue weighted by Crippen LogP contribution is 2.23. The lowest BCUT2D eigenvalue weighted by Gasteiger charge is -2.33. The molecule has 0 aromatic heterocycles. The molecule has 188 valence electrons. The van der Waals surface area contributed by atoms with Gasteiger partial charge in [0.15, 0.2) is 0 Å². The van der Waals surface area contributed by atoms with Crippen LogP contribution in [0.15, 0.2) is 94.3 Å². The molecule has 1 unspecified atom stereocenters. The van der Waals surface area contributed by atoms with Crippen LogP contribution in [-0.2, 0) is 22.6 Å². The number of nitrogens with zero attached hydrogens (tertiary/aromatic N) is 1. The Kier molecular flexibility index (Phi) is 10.1. The van der Waals surface area contributed by atoms with Gasteiger partial charge in [-0.2, -0.15) is 0 Å². The van der Waals surface area contributed by atoms with Crippen LogP contribution in [0.3, 0.4) is 0 Å². The van der Waals surface area contributed by atoms with Crippen LogP contribution in [0, 0.1) is 0 Å². The van der Waals surface area contributed by atoms with Crippen molar-refractivity contribution in [3.63, 3.8) is 0 Å². The summed E-state index contributed by atoms with van der Waals surface area (Å²) in [5, 5.41) is 3.30. The van der Waals surface area contributed by atoms with Crippen LogP contribution in [0.5, 0.6) is 0 Å². The molecule has 1 aliphatic rings. The summed E-state index contributed by atoms with van der Waals surface area (Å²) in [6.45, 7) is 0.378. The SMILES string of the molecule is O=C(NC1CCCCC1)C(Cc1ccccc1)N(Cc1cccc(Br)c1)C(=O)CSc1ccccc1. The van der Waals surface area contributed by atoms with Gasteiger partial charge < -0.3 is 10.2 Å². The number of hydrogen-bond donors (Lipinski definition) is 1. The van der Waals surface area contributed by atoms with Gasteiger partial charge in [0, 0.05) is 28.4 Å². The summed E-state index contributed by atoms with van der Waals surface area (Å²) in [6, 6.07) is 27.5. The van der Waals surface area contributed by atoms with Crippen molar-refractivity contribution in [3.05, 3.63) is 101 Å². The van der Waals surface area contributed by atoms with Crippen LogP contribution in [0.4, 0.5) is 0 Å². The quantitative estimate of drug-likeness (QED) is 0.281. The van der Waals surface area contributed by atoms with Crippen LogP contribution >= 0.6 is 27.7 Å². The third-order valence-corrected chi connectivity index (χ3v) is 8.06. The minimum Gasteiger partial charge on any atom is -0.352 e. The second-order valence-corrected chi connectivity index (χ2v) is 11.3. The van der Waals surface area contributed by atoms with E-state index in [9.17, 15) is 9.59 Å². The fourth-order valence-electron chi connectivity index (χ4n) is 4.67. The van der Waals surface area contributed by atoms with Crippen molar-refractivity contribution in [2.24, 2.45) is 0 Å². The topological polar surface area (TPSA) is 49.4 Å². The van der Waals surface area contributed by atoms with E-state index in [0.29, 0.717) is 13.0 Å². The Labute approximate surface area is 227 Å². The van der Waals surface area contributed by atoms with E-state index in [-0.39, 0.29) is 23.6 Å². The lowest BCUT2D eigenvalue weighted by Crippen LogP contribution is -2.53. The highest BCUT2D eigenvalue weighted by Gasteiger charge is 2.32. The lowest BCUT2D eigenvalue weighted by atomic mass is 9.94. The Morgan fingerprint density at radius 1 is 0.889 bits per heavy atom. The van der Waals surface area contributed by atoms with Crippen molar-refractivity contribution in [2.75, 3.05) is 5.75 Å². The predicted molar refractivity (Wildman–Crippen MR) is 151 cm³/mol. The molecule has 4 rings (SSSR count). The molecule has 3 aromatic carbocycles. The molecule has 4 nitrogen and oxygen atoms in total. The molecule has 3 aromatic rings. The van der Waals surface area contributed by atoms with Gasteiger partial charge in [-0.25, -0.2) is 0 Å². The monoisotopic (exact) mass is 564 g/mol. The summed E-state index contributed by atoms with van der Waals surface area (Å²) in [4.78, 5) is 30.3. The van der Waals surface area contributed by atoms with Crippen LogP contribution < -0.4 is 5.32 Å². The molecule has 1 saturated carbocycles. The van der Waals surface area contributed by atoms with Crippen molar-refractivity contribution < 1.29 is 9.59 Å². The van der Waals surface area contributed by atoms with Gasteiger partial charge in [-0.15, -0.1) is 11.8 Å². The third-order valence-electron chi connectivity index (χ3n) is 6.57. The molecule has 1 aliphatic carbocycles. The van der Waals surface area contributed by atoms with Crippen LogP contribution in [0.25, 0.3) is 0 Å². The number of amides is 2. The fourth-order valence-corrected chi connectivity index (χ4v) is 5.93. The molecule has 1 fully saturated rings. The normalized spacial score (nSPS) is 14.7. The third kappa shape index (κ3) is 7.97. The van der Waals surface area contributed by atoms with E-state index in [2.05, 4.69) is 21.2 Å². The molecule has 0 heterocycles. The number of benzene rings is 3. The maximum absolute atomic E-state index is 13.8. The molecular formula is C30H33BrN2O2S. The first-order chi connectivity index (χ1) is 17.6. The summed E-state index contributed by atoms with van der Waals surface area (Å²) >= 11 is 5.06. The fraction of sp³-hybridized carbons (Fsp3) is 0.333. The van der Waals surface area contributed by atoms with Gasteiger partial charge >= 0.3 is 0 Å². The molecule has 1 N–H and O–H groups in total. The molecular weight excluding hydrogens is 532 g/mol. The van der Waals surface area contributed by atoms with E-state index < -0.39 is 6.04 Å². The highest BCUT2D eigenvalue weighted by atomic mass is 79.9. The number of hydrogen-bond acceptors (Lipinski definition) is 3. The van der Waals surface area contributed by atoms with Crippen molar-refractivity contribution in [3.8, 4) is 0 Å². The Bertz CT molecular complexity index is 1120. The maximum atomic E-state index is 13.8. The number of nitrogens with one attached hydrogen (secondary N) is 1. The molecule has 2 amide bonds. The van der Waals surface area contributed by atoms with E-state index in [1.54, 1.807) is 4.90 Å². The Morgan fingerprint density at radius 2 is 1.56 bits per heavy atom.